The SMILES string of the molecule is CNCCN[C@@H]1C[C@H]1c1ccccc1. The van der Waals surface area contributed by atoms with Gasteiger partial charge >= 0.3 is 0 Å². The van der Waals surface area contributed by atoms with Crippen molar-refractivity contribution in [3.05, 3.63) is 35.9 Å². The standard InChI is InChI=1S/C12H18N2/c1-13-7-8-14-12-9-11(12)10-5-3-2-4-6-10/h2-6,11-14H,7-9H2,1H3/t11-,12+/m0/s1. The van der Waals surface area contributed by atoms with Crippen molar-refractivity contribution in [1.29, 1.82) is 0 Å². The second-order valence-corrected chi connectivity index (χ2v) is 3.92. The maximum absolute atomic E-state index is 3.54. The Bertz CT molecular complexity index is 271. The number of nitrogens with one attached hydrogen (secondary N) is 2. The predicted molar refractivity (Wildman–Crippen MR) is 59.5 cm³/mol. The van der Waals surface area contributed by atoms with Gasteiger partial charge in [-0.2, -0.15) is 0 Å². The first kappa shape index (κ1) is 9.69. The molecule has 0 radical (unpaired) electrons. The molecular weight excluding hydrogens is 172 g/mol. The van der Waals surface area contributed by atoms with Gasteiger partial charge in [0.25, 0.3) is 0 Å². The van der Waals surface area contributed by atoms with Gasteiger partial charge in [-0.15, -0.1) is 0 Å². The highest BCUT2D eigenvalue weighted by Crippen LogP contribution is 2.40. The summed E-state index contributed by atoms with van der Waals surface area (Å²) in [4.78, 5) is 0. The van der Waals surface area contributed by atoms with Crippen molar-refractivity contribution in [2.75, 3.05) is 20.1 Å². The van der Waals surface area contributed by atoms with Crippen molar-refractivity contribution < 1.29 is 0 Å². The van der Waals surface area contributed by atoms with Crippen LogP contribution in [-0.4, -0.2) is 26.2 Å². The molecule has 2 rings (SSSR count). The van der Waals surface area contributed by atoms with Crippen LogP contribution in [0.15, 0.2) is 30.3 Å². The van der Waals surface area contributed by atoms with E-state index in [4.69, 9.17) is 0 Å². The normalized spacial score (nSPS) is 24.9. The number of rotatable bonds is 5. The van der Waals surface area contributed by atoms with E-state index >= 15 is 0 Å². The lowest BCUT2D eigenvalue weighted by Gasteiger charge is -2.03. The van der Waals surface area contributed by atoms with Crippen LogP contribution >= 0.6 is 0 Å². The lowest BCUT2D eigenvalue weighted by Crippen LogP contribution is -2.27. The molecule has 0 spiro atoms. The first-order valence-electron chi connectivity index (χ1n) is 5.34. The number of hydrogen-bond donors (Lipinski definition) is 2. The number of likely N-dealkylation sites (N-methyl/N-ethyl adjacent to an activating group) is 1. The highest BCUT2D eigenvalue weighted by molar-refractivity contribution is 5.27. The lowest BCUT2D eigenvalue weighted by molar-refractivity contribution is 0.637. The third-order valence-electron chi connectivity index (χ3n) is 2.80. The lowest BCUT2D eigenvalue weighted by atomic mass is 10.1. The number of hydrogen-bond acceptors (Lipinski definition) is 2. The molecule has 0 aromatic heterocycles. The molecule has 0 aliphatic heterocycles. The first-order chi connectivity index (χ1) is 6.92. The Morgan fingerprint density at radius 2 is 2.00 bits per heavy atom. The molecule has 2 N–H and O–H groups in total. The van der Waals surface area contributed by atoms with Crippen LogP contribution in [0.1, 0.15) is 17.9 Å². The maximum atomic E-state index is 3.54. The largest absolute Gasteiger partial charge is 0.318 e. The van der Waals surface area contributed by atoms with Crippen LogP contribution < -0.4 is 10.6 Å². The van der Waals surface area contributed by atoms with Gasteiger partial charge in [-0.05, 0) is 19.0 Å². The average molecular weight is 190 g/mol. The van der Waals surface area contributed by atoms with Crippen molar-refractivity contribution in [1.82, 2.24) is 10.6 Å². The van der Waals surface area contributed by atoms with Crippen LogP contribution in [0.4, 0.5) is 0 Å². The molecule has 2 atom stereocenters. The summed E-state index contributed by atoms with van der Waals surface area (Å²) in [5.74, 6) is 0.757. The molecule has 1 aromatic carbocycles. The van der Waals surface area contributed by atoms with Gasteiger partial charge in [0.05, 0.1) is 0 Å². The zero-order chi connectivity index (χ0) is 9.80. The molecule has 0 unspecified atom stereocenters. The molecule has 0 heterocycles. The van der Waals surface area contributed by atoms with Crippen molar-refractivity contribution >= 4 is 0 Å². The summed E-state index contributed by atoms with van der Waals surface area (Å²) >= 11 is 0. The minimum absolute atomic E-state index is 0.714. The fraction of sp³-hybridized carbons (Fsp3) is 0.500. The summed E-state index contributed by atoms with van der Waals surface area (Å²) in [5, 5.41) is 6.69. The van der Waals surface area contributed by atoms with Crippen LogP contribution in [0.25, 0.3) is 0 Å². The topological polar surface area (TPSA) is 24.1 Å². The van der Waals surface area contributed by atoms with Gasteiger partial charge in [0.15, 0.2) is 0 Å². The van der Waals surface area contributed by atoms with Gasteiger partial charge in [0.2, 0.25) is 0 Å². The Labute approximate surface area is 85.7 Å². The van der Waals surface area contributed by atoms with E-state index in [0.717, 1.165) is 19.0 Å². The van der Waals surface area contributed by atoms with Crippen LogP contribution in [0.3, 0.4) is 0 Å². The molecule has 1 aliphatic rings. The number of benzene rings is 1. The zero-order valence-electron chi connectivity index (χ0n) is 8.66. The predicted octanol–water partition coefficient (Wildman–Crippen LogP) is 1.35. The summed E-state index contributed by atoms with van der Waals surface area (Å²) in [6, 6.07) is 11.5. The molecule has 14 heavy (non-hydrogen) atoms. The second-order valence-electron chi connectivity index (χ2n) is 3.92. The Kier molecular flexibility index (Phi) is 3.17. The van der Waals surface area contributed by atoms with E-state index in [9.17, 15) is 0 Å². The summed E-state index contributed by atoms with van der Waals surface area (Å²) in [6.07, 6.45) is 1.30. The fourth-order valence-electron chi connectivity index (χ4n) is 1.87. The molecule has 1 aromatic rings. The maximum Gasteiger partial charge on any atom is 0.0143 e. The van der Waals surface area contributed by atoms with E-state index in [0.29, 0.717) is 6.04 Å². The van der Waals surface area contributed by atoms with Gasteiger partial charge in [0.1, 0.15) is 0 Å². The van der Waals surface area contributed by atoms with Crippen molar-refractivity contribution in [3.63, 3.8) is 0 Å². The average Bonchev–Trinajstić information content (AvgIpc) is 2.99. The van der Waals surface area contributed by atoms with Crippen LogP contribution in [0.2, 0.25) is 0 Å². The Morgan fingerprint density at radius 3 is 2.71 bits per heavy atom. The molecule has 1 fully saturated rings. The van der Waals surface area contributed by atoms with Crippen LogP contribution in [0, 0.1) is 0 Å². The molecule has 76 valence electrons. The minimum atomic E-state index is 0.714. The quantitative estimate of drug-likeness (QED) is 0.685. The molecule has 2 heteroatoms. The van der Waals surface area contributed by atoms with E-state index in [1.165, 1.54) is 12.0 Å². The molecule has 1 aliphatic carbocycles. The molecular formula is C12H18N2. The molecule has 2 nitrogen and oxygen atoms in total. The summed E-state index contributed by atoms with van der Waals surface area (Å²) in [7, 11) is 1.99. The van der Waals surface area contributed by atoms with Gasteiger partial charge in [0, 0.05) is 25.0 Å². The molecule has 0 bridgehead atoms. The fourth-order valence-corrected chi connectivity index (χ4v) is 1.87. The van der Waals surface area contributed by atoms with Crippen LogP contribution in [-0.2, 0) is 0 Å². The Hall–Kier alpha value is -0.860. The van der Waals surface area contributed by atoms with Gasteiger partial charge in [-0.3, -0.25) is 0 Å². The van der Waals surface area contributed by atoms with Crippen LogP contribution in [0.5, 0.6) is 0 Å². The van der Waals surface area contributed by atoms with E-state index in [1.54, 1.807) is 0 Å². The third kappa shape index (κ3) is 2.34. The van der Waals surface area contributed by atoms with Gasteiger partial charge in [-0.25, -0.2) is 0 Å². The highest BCUT2D eigenvalue weighted by Gasteiger charge is 2.37. The monoisotopic (exact) mass is 190 g/mol. The molecule has 1 saturated carbocycles. The summed E-state index contributed by atoms with van der Waals surface area (Å²) < 4.78 is 0. The van der Waals surface area contributed by atoms with Crippen molar-refractivity contribution in [2.24, 2.45) is 0 Å². The van der Waals surface area contributed by atoms with E-state index < -0.39 is 0 Å². The Balaban J connectivity index is 1.76. The summed E-state index contributed by atoms with van der Waals surface area (Å²) in [6.45, 7) is 2.13. The highest BCUT2D eigenvalue weighted by atomic mass is 15.0. The van der Waals surface area contributed by atoms with E-state index in [2.05, 4.69) is 41.0 Å². The van der Waals surface area contributed by atoms with Gasteiger partial charge in [-0.1, -0.05) is 30.3 Å². The second kappa shape index (κ2) is 4.58. The van der Waals surface area contributed by atoms with Gasteiger partial charge < -0.3 is 10.6 Å². The molecule has 0 amide bonds. The smallest absolute Gasteiger partial charge is 0.0143 e. The van der Waals surface area contributed by atoms with Crippen molar-refractivity contribution in [2.45, 2.75) is 18.4 Å². The zero-order valence-corrected chi connectivity index (χ0v) is 8.66. The Morgan fingerprint density at radius 1 is 1.21 bits per heavy atom. The first-order valence-corrected chi connectivity index (χ1v) is 5.34. The third-order valence-corrected chi connectivity index (χ3v) is 2.80. The molecule has 0 saturated heterocycles. The summed E-state index contributed by atoms with van der Waals surface area (Å²) in [5.41, 5.74) is 1.48. The van der Waals surface area contributed by atoms with E-state index in [1.807, 2.05) is 7.05 Å². The minimum Gasteiger partial charge on any atom is -0.318 e. The van der Waals surface area contributed by atoms with E-state index in [-0.39, 0.29) is 0 Å². The van der Waals surface area contributed by atoms with Crippen molar-refractivity contribution in [3.8, 4) is 0 Å².